The van der Waals surface area contributed by atoms with E-state index in [0.717, 1.165) is 11.4 Å². The maximum Gasteiger partial charge on any atom is 0.275 e. The van der Waals surface area contributed by atoms with Crippen LogP contribution in [0, 0.1) is 0 Å². The number of carbonyl (C=O) groups is 1. The van der Waals surface area contributed by atoms with Gasteiger partial charge >= 0.3 is 0 Å². The van der Waals surface area contributed by atoms with Crippen LogP contribution in [0.15, 0.2) is 18.2 Å². The standard InChI is InChI=1S/C9H13N3OS/c1-11-6-2-3-7-4-5-8(14-7)9(13)12-10/h2-5,11H,6,10H2,1H3,(H,12,13). The summed E-state index contributed by atoms with van der Waals surface area (Å²) in [4.78, 5) is 12.8. The van der Waals surface area contributed by atoms with Crippen molar-refractivity contribution in [3.8, 4) is 0 Å². The van der Waals surface area contributed by atoms with Gasteiger partial charge in [-0.1, -0.05) is 6.08 Å². The highest BCUT2D eigenvalue weighted by Gasteiger charge is 2.05. The molecule has 0 aromatic carbocycles. The Morgan fingerprint density at radius 1 is 1.64 bits per heavy atom. The molecule has 14 heavy (non-hydrogen) atoms. The molecule has 1 aromatic heterocycles. The minimum atomic E-state index is -0.247. The summed E-state index contributed by atoms with van der Waals surface area (Å²) in [7, 11) is 1.88. The number of hydrogen-bond donors (Lipinski definition) is 3. The van der Waals surface area contributed by atoms with Crippen molar-refractivity contribution in [1.29, 1.82) is 0 Å². The minimum Gasteiger partial charge on any atom is -0.316 e. The molecule has 1 rings (SSSR count). The van der Waals surface area contributed by atoms with Crippen LogP contribution in [0.25, 0.3) is 6.08 Å². The topological polar surface area (TPSA) is 67.2 Å². The molecule has 4 nitrogen and oxygen atoms in total. The molecule has 0 bridgehead atoms. The first-order chi connectivity index (χ1) is 6.77. The lowest BCUT2D eigenvalue weighted by Gasteiger charge is -1.91. The van der Waals surface area contributed by atoms with E-state index in [1.165, 1.54) is 11.3 Å². The molecule has 0 aliphatic heterocycles. The molecule has 4 N–H and O–H groups in total. The number of nitrogens with two attached hydrogens (primary N) is 1. The average Bonchev–Trinajstić information content (AvgIpc) is 2.66. The molecule has 1 aromatic rings. The van der Waals surface area contributed by atoms with E-state index in [1.54, 1.807) is 6.07 Å². The van der Waals surface area contributed by atoms with E-state index in [9.17, 15) is 4.79 Å². The van der Waals surface area contributed by atoms with Gasteiger partial charge in [-0.2, -0.15) is 0 Å². The first-order valence-electron chi connectivity index (χ1n) is 4.20. The Bertz CT molecular complexity index is 333. The summed E-state index contributed by atoms with van der Waals surface area (Å²) in [5.74, 6) is 4.77. The fourth-order valence-electron chi connectivity index (χ4n) is 0.929. The van der Waals surface area contributed by atoms with Gasteiger partial charge in [-0.15, -0.1) is 11.3 Å². The van der Waals surface area contributed by atoms with Crippen molar-refractivity contribution in [2.75, 3.05) is 13.6 Å². The Labute approximate surface area is 86.8 Å². The summed E-state index contributed by atoms with van der Waals surface area (Å²) in [5, 5.41) is 3.00. The summed E-state index contributed by atoms with van der Waals surface area (Å²) in [5.41, 5.74) is 2.10. The molecule has 1 amide bonds. The molecule has 0 fully saturated rings. The van der Waals surface area contributed by atoms with Gasteiger partial charge in [-0.25, -0.2) is 5.84 Å². The van der Waals surface area contributed by atoms with Crippen molar-refractivity contribution in [3.05, 3.63) is 28.0 Å². The Balaban J connectivity index is 2.63. The molecule has 76 valence electrons. The molecule has 0 unspecified atom stereocenters. The Morgan fingerprint density at radius 3 is 3.07 bits per heavy atom. The van der Waals surface area contributed by atoms with Crippen molar-refractivity contribution >= 4 is 23.3 Å². The number of nitrogen functional groups attached to an aromatic ring is 1. The molecular formula is C9H13N3OS. The number of nitrogens with one attached hydrogen (secondary N) is 2. The molecule has 0 aliphatic carbocycles. The summed E-state index contributed by atoms with van der Waals surface area (Å²) in [6, 6.07) is 3.65. The highest BCUT2D eigenvalue weighted by atomic mass is 32.1. The second-order valence-corrected chi connectivity index (χ2v) is 3.75. The molecule has 0 saturated heterocycles. The maximum atomic E-state index is 11.1. The molecule has 5 heteroatoms. The Kier molecular flexibility index (Phi) is 4.31. The number of carbonyl (C=O) groups excluding carboxylic acids is 1. The predicted octanol–water partition coefficient (Wildman–Crippen LogP) is 0.584. The molecule has 0 aliphatic rings. The third-order valence-corrected chi connectivity index (χ3v) is 2.64. The number of thiophene rings is 1. The van der Waals surface area contributed by atoms with Crippen LogP contribution in [0.5, 0.6) is 0 Å². The molecule has 0 radical (unpaired) electrons. The summed E-state index contributed by atoms with van der Waals surface area (Å²) >= 11 is 1.41. The van der Waals surface area contributed by atoms with Gasteiger partial charge in [0.25, 0.3) is 5.91 Å². The average molecular weight is 211 g/mol. The SMILES string of the molecule is CNCC=Cc1ccc(C(=O)NN)s1. The van der Waals surface area contributed by atoms with Gasteiger partial charge in [-0.05, 0) is 25.3 Å². The van der Waals surface area contributed by atoms with Crippen LogP contribution in [0.4, 0.5) is 0 Å². The maximum absolute atomic E-state index is 11.1. The van der Waals surface area contributed by atoms with Gasteiger partial charge in [0.1, 0.15) is 0 Å². The second kappa shape index (κ2) is 5.54. The lowest BCUT2D eigenvalue weighted by Crippen LogP contribution is -2.29. The Morgan fingerprint density at radius 2 is 2.43 bits per heavy atom. The normalized spacial score (nSPS) is 10.7. The zero-order valence-electron chi connectivity index (χ0n) is 7.91. The van der Waals surface area contributed by atoms with Gasteiger partial charge in [-0.3, -0.25) is 10.2 Å². The number of rotatable bonds is 4. The highest BCUT2D eigenvalue weighted by Crippen LogP contribution is 2.17. The fourth-order valence-corrected chi connectivity index (χ4v) is 1.77. The first kappa shape index (κ1) is 10.9. The van der Waals surface area contributed by atoms with Crippen molar-refractivity contribution < 1.29 is 4.79 Å². The smallest absolute Gasteiger partial charge is 0.275 e. The Hall–Kier alpha value is -1.17. The molecule has 1 heterocycles. The second-order valence-electron chi connectivity index (χ2n) is 2.64. The van der Waals surface area contributed by atoms with Crippen molar-refractivity contribution in [2.24, 2.45) is 5.84 Å². The van der Waals surface area contributed by atoms with Crippen molar-refractivity contribution in [2.45, 2.75) is 0 Å². The van der Waals surface area contributed by atoms with Crippen LogP contribution in [0.1, 0.15) is 14.5 Å². The quantitative estimate of drug-likeness (QED) is 0.388. The largest absolute Gasteiger partial charge is 0.316 e. The summed E-state index contributed by atoms with van der Waals surface area (Å²) in [6.07, 6.45) is 3.96. The molecular weight excluding hydrogens is 198 g/mol. The lowest BCUT2D eigenvalue weighted by atomic mass is 10.4. The predicted molar refractivity (Wildman–Crippen MR) is 58.9 cm³/mol. The molecule has 0 spiro atoms. The van der Waals surface area contributed by atoms with E-state index >= 15 is 0 Å². The fraction of sp³-hybridized carbons (Fsp3) is 0.222. The van der Waals surface area contributed by atoms with E-state index in [4.69, 9.17) is 5.84 Å². The van der Waals surface area contributed by atoms with Gasteiger partial charge < -0.3 is 5.32 Å². The first-order valence-corrected chi connectivity index (χ1v) is 5.01. The number of likely N-dealkylation sites (N-methyl/N-ethyl adjacent to an activating group) is 1. The van der Waals surface area contributed by atoms with Crippen LogP contribution in [0.3, 0.4) is 0 Å². The van der Waals surface area contributed by atoms with Crippen LogP contribution in [-0.4, -0.2) is 19.5 Å². The van der Waals surface area contributed by atoms with Gasteiger partial charge in [0.05, 0.1) is 4.88 Å². The third kappa shape index (κ3) is 2.95. The summed E-state index contributed by atoms with van der Waals surface area (Å²) < 4.78 is 0. The third-order valence-electron chi connectivity index (χ3n) is 1.59. The van der Waals surface area contributed by atoms with Gasteiger partial charge in [0.2, 0.25) is 0 Å². The number of amides is 1. The highest BCUT2D eigenvalue weighted by molar-refractivity contribution is 7.14. The van der Waals surface area contributed by atoms with E-state index in [0.29, 0.717) is 4.88 Å². The van der Waals surface area contributed by atoms with Crippen LogP contribution in [-0.2, 0) is 0 Å². The zero-order valence-corrected chi connectivity index (χ0v) is 8.73. The van der Waals surface area contributed by atoms with Crippen LogP contribution in [0.2, 0.25) is 0 Å². The van der Waals surface area contributed by atoms with Crippen LogP contribution < -0.4 is 16.6 Å². The molecule has 0 saturated carbocycles. The van der Waals surface area contributed by atoms with Crippen LogP contribution >= 0.6 is 11.3 Å². The van der Waals surface area contributed by atoms with Crippen molar-refractivity contribution in [1.82, 2.24) is 10.7 Å². The monoisotopic (exact) mass is 211 g/mol. The lowest BCUT2D eigenvalue weighted by molar-refractivity contribution is 0.0957. The number of hydrogen-bond acceptors (Lipinski definition) is 4. The minimum absolute atomic E-state index is 0.247. The van der Waals surface area contributed by atoms with E-state index < -0.39 is 0 Å². The van der Waals surface area contributed by atoms with E-state index in [1.807, 2.05) is 25.3 Å². The number of hydrazine groups is 1. The van der Waals surface area contributed by atoms with E-state index in [-0.39, 0.29) is 5.91 Å². The molecule has 0 atom stereocenters. The van der Waals surface area contributed by atoms with E-state index in [2.05, 4.69) is 10.7 Å². The van der Waals surface area contributed by atoms with Crippen molar-refractivity contribution in [3.63, 3.8) is 0 Å². The van der Waals surface area contributed by atoms with Gasteiger partial charge in [0, 0.05) is 11.4 Å². The zero-order chi connectivity index (χ0) is 10.4. The summed E-state index contributed by atoms with van der Waals surface area (Å²) in [6.45, 7) is 0.816. The van der Waals surface area contributed by atoms with Gasteiger partial charge in [0.15, 0.2) is 0 Å².